The molecule has 5 fully saturated rings. The lowest BCUT2D eigenvalue weighted by molar-refractivity contribution is -0.0311. The van der Waals surface area contributed by atoms with Crippen molar-refractivity contribution in [2.24, 2.45) is 27.1 Å². The molecule has 0 amide bonds. The van der Waals surface area contributed by atoms with Crippen LogP contribution in [0.25, 0.3) is 33.4 Å². The number of unbranched alkanes of at least 4 members (excludes halogenated alkanes) is 4. The molecule has 1 N–H and O–H groups in total. The van der Waals surface area contributed by atoms with E-state index in [1.807, 2.05) is 47.7 Å². The zero-order chi connectivity index (χ0) is 101. The molecule has 10 aromatic rings. The van der Waals surface area contributed by atoms with E-state index >= 15 is 0 Å². The van der Waals surface area contributed by atoms with E-state index in [-0.39, 0.29) is 16.2 Å². The van der Waals surface area contributed by atoms with Gasteiger partial charge < -0.3 is 10.1 Å². The van der Waals surface area contributed by atoms with E-state index in [1.165, 1.54) is 191 Å². The summed E-state index contributed by atoms with van der Waals surface area (Å²) in [6.45, 7) is 66.5. The minimum atomic E-state index is 0.173. The Hall–Kier alpha value is -6.32. The van der Waals surface area contributed by atoms with Crippen LogP contribution in [0, 0.1) is 27.1 Å². The molecule has 0 saturated carbocycles. The standard InChI is InChI=1S/C32H33Cl2NO.C28H35Cl2N.C23H25Cl2N.C22H26BrNS.C22H32BrN/c1-19(2)14-27-31-30-23(21-9-10-25(33)26(34)16-21)6-5-7-24(30)28(17-32(31,3)4)35(27)18-20-8-11-29-22(15-20)12-13-36-29;1-6-7-8-14-31-24(15-18(2)3)27-26-20(19-12-13-22(29)23(30)16-19)10-9-11-21(26)25(31)17-28(27,4)5;1-13(2)10-19-22-21-15(14-8-9-17(24)18(25)11-14)6-5-7-16(21)20(26-19)12-23(22,3)4;1-14(2)11-18-21-20-16(8-5-9-17(20)23)19(12-22(21,3)4)24(18)13-15-7-6-10-25-15;1-6-7-8-12-24-18(13-15(2)3)21-20-16(10-9-11-17(20)23)19(24)14-22(21,4)5/h5-11,15-16,27-28,31H,1,12-14,17-18H2,2-4H3;9-13,16,24-25,27H,2,6-8,14-15,17H2,1,3-5H3;5-9,11,19-20,22,26H,1,10,12H2,2-4H3;5-10,18-19,21H,1,11-13H2,2-4H3;9-11,18-19,21H,2,6-8,12-14H2,1,3-5H3. The van der Waals surface area contributed by atoms with E-state index < -0.39 is 0 Å². The number of hydrogen-bond acceptors (Lipinski definition) is 7. The largest absolute Gasteiger partial charge is 0.493 e. The fourth-order valence-electron chi connectivity index (χ4n) is 28.6. The maximum absolute atomic E-state index is 6.47. The first kappa shape index (κ1) is 107. The number of nitrogens with zero attached hydrogens (tertiary/aromatic N) is 4. The van der Waals surface area contributed by atoms with E-state index in [9.17, 15) is 0 Å². The van der Waals surface area contributed by atoms with Crippen molar-refractivity contribution < 1.29 is 4.74 Å². The van der Waals surface area contributed by atoms with Crippen LogP contribution in [0.4, 0.5) is 0 Å². The lowest BCUT2D eigenvalue weighted by Crippen LogP contribution is -2.56. The molecule has 10 bridgehead atoms. The first-order chi connectivity index (χ1) is 67.5. The van der Waals surface area contributed by atoms with Crippen molar-refractivity contribution in [3.05, 3.63) is 353 Å². The number of thiophene rings is 1. The highest BCUT2D eigenvalue weighted by atomic mass is 79.9. The van der Waals surface area contributed by atoms with Crippen LogP contribution in [0.15, 0.2) is 251 Å². The predicted octanol–water partition coefficient (Wildman–Crippen LogP) is 39.0. The van der Waals surface area contributed by atoms with Gasteiger partial charge >= 0.3 is 0 Å². The maximum atomic E-state index is 6.47. The van der Waals surface area contributed by atoms with Crippen molar-refractivity contribution in [2.45, 2.75) is 330 Å². The van der Waals surface area contributed by atoms with Gasteiger partial charge in [-0.05, 0) is 318 Å². The molecule has 1 aromatic heterocycles. The summed E-state index contributed by atoms with van der Waals surface area (Å²) in [5.41, 5.74) is 32.9. The quantitative estimate of drug-likeness (QED) is 0.0454. The van der Waals surface area contributed by atoms with Crippen molar-refractivity contribution in [1.82, 2.24) is 24.9 Å². The molecule has 15 unspecified atom stereocenters. The number of hydrogen-bond donors (Lipinski definition) is 1. The molecule has 752 valence electrons. The Kier molecular flexibility index (Phi) is 32.9. The van der Waals surface area contributed by atoms with Gasteiger partial charge in [0.25, 0.3) is 0 Å². The third-order valence-corrected chi connectivity index (χ3v) is 38.5. The van der Waals surface area contributed by atoms with Crippen LogP contribution < -0.4 is 10.1 Å². The summed E-state index contributed by atoms with van der Waals surface area (Å²) in [5, 5.41) is 9.72. The van der Waals surface area contributed by atoms with Crippen molar-refractivity contribution in [1.29, 1.82) is 0 Å². The van der Waals surface area contributed by atoms with Gasteiger partial charge in [0.05, 0.1) is 36.7 Å². The molecule has 15 heteroatoms. The molecule has 0 spiro atoms. The number of piperidine rings is 5. The molecule has 11 aliphatic heterocycles. The van der Waals surface area contributed by atoms with Crippen molar-refractivity contribution in [3.63, 3.8) is 0 Å². The van der Waals surface area contributed by atoms with Crippen LogP contribution >= 0.6 is 113 Å². The van der Waals surface area contributed by atoms with Crippen molar-refractivity contribution >= 4 is 113 Å². The molecule has 0 radical (unpaired) electrons. The van der Waals surface area contributed by atoms with Crippen LogP contribution in [-0.2, 0) is 19.5 Å². The lowest BCUT2D eigenvalue weighted by atomic mass is 9.56. The Balaban J connectivity index is 0.000000123. The Morgan fingerprint density at radius 1 is 0.380 bits per heavy atom. The highest BCUT2D eigenvalue weighted by molar-refractivity contribution is 9.10. The SMILES string of the molecule is C=C(C)CC1C2c3c(-c4ccc(Cl)c(Cl)c4)cccc3C(CC2(C)C)N1CCCCC.C=C(C)CC1C2c3c(-c4ccc(Cl)c(Cl)c4)cccc3C(CC2(C)C)N1Cc1ccc2c(c1)CCO2.C=C(C)CC1C2c3c(Br)cccc3C(CC2(C)C)N1CCCCC.C=C(C)CC1C2c3c(Br)cccc3C(CC2(C)C)N1Cc1cccs1.C=C(C)CC1NC2CC(C)(C)C1c1c(-c3ccc(Cl)c(Cl)c3)cccc12. The van der Waals surface area contributed by atoms with Crippen LogP contribution in [0.2, 0.25) is 30.1 Å². The number of benzene rings is 9. The molecule has 15 atom stereocenters. The topological polar surface area (TPSA) is 34.2 Å². The van der Waals surface area contributed by atoms with Crippen molar-refractivity contribution in [2.75, 3.05) is 19.7 Å². The van der Waals surface area contributed by atoms with Gasteiger partial charge in [-0.1, -0.05) is 353 Å². The minimum absolute atomic E-state index is 0.173. The van der Waals surface area contributed by atoms with E-state index in [1.54, 1.807) is 16.7 Å². The fraction of sp³-hybridized carbons (Fsp3) is 0.465. The van der Waals surface area contributed by atoms with Crippen LogP contribution in [0.3, 0.4) is 0 Å². The lowest BCUT2D eigenvalue weighted by Gasteiger charge is -2.60. The Morgan fingerprint density at radius 2 is 0.739 bits per heavy atom. The van der Waals surface area contributed by atoms with Crippen molar-refractivity contribution in [3.8, 4) is 39.1 Å². The molecule has 5 aliphatic carbocycles. The number of ether oxygens (including phenoxy) is 1. The summed E-state index contributed by atoms with van der Waals surface area (Å²) in [6, 6.07) is 68.0. The van der Waals surface area contributed by atoms with Crippen LogP contribution in [0.1, 0.15) is 352 Å². The molecule has 16 aliphatic rings. The van der Waals surface area contributed by atoms with E-state index in [4.69, 9.17) is 74.3 Å². The average Bonchev–Trinajstić information content (AvgIpc) is 1.20. The monoisotopic (exact) mass is 2160 g/mol. The third-order valence-electron chi connectivity index (χ3n) is 34.0. The zero-order valence-corrected chi connectivity index (χ0v) is 95.7. The average molecular weight is 2170 g/mol. The second-order valence-corrected chi connectivity index (χ2v) is 52.7. The van der Waals surface area contributed by atoms with Gasteiger partial charge in [-0.2, -0.15) is 0 Å². The first-order valence-electron chi connectivity index (χ1n) is 52.6. The molecular formula is C127H151Br2Cl6N5OS. The van der Waals surface area contributed by atoms with Crippen LogP contribution in [-0.4, -0.2) is 69.5 Å². The molecule has 6 nitrogen and oxygen atoms in total. The summed E-state index contributed by atoms with van der Waals surface area (Å²) in [5.74, 6) is 3.49. The second kappa shape index (κ2) is 43.7. The maximum Gasteiger partial charge on any atom is 0.122 e. The van der Waals surface area contributed by atoms with Gasteiger partial charge in [0, 0.05) is 123 Å². The highest BCUT2D eigenvalue weighted by Crippen LogP contribution is 2.68. The number of halogens is 8. The minimum Gasteiger partial charge on any atom is -0.493 e. The normalized spacial score (nSPS) is 25.6. The molecule has 26 rings (SSSR count). The van der Waals surface area contributed by atoms with E-state index in [0.717, 1.165) is 81.5 Å². The highest BCUT2D eigenvalue weighted by Gasteiger charge is 2.60. The summed E-state index contributed by atoms with van der Waals surface area (Å²) in [4.78, 5) is 12.7. The zero-order valence-electron chi connectivity index (χ0n) is 87.2. The summed E-state index contributed by atoms with van der Waals surface area (Å²) in [7, 11) is 0. The van der Waals surface area contributed by atoms with Gasteiger partial charge in [-0.3, -0.25) is 19.6 Å². The van der Waals surface area contributed by atoms with E-state index in [0.29, 0.717) is 131 Å². The Morgan fingerprint density at radius 3 is 1.13 bits per heavy atom. The molecule has 142 heavy (non-hydrogen) atoms. The Labute approximate surface area is 903 Å². The molecule has 12 heterocycles. The molecule has 9 aromatic carbocycles. The smallest absolute Gasteiger partial charge is 0.122 e. The molecular weight excluding hydrogens is 2020 g/mol. The predicted molar refractivity (Wildman–Crippen MR) is 616 cm³/mol. The number of rotatable bonds is 25. The second-order valence-electron chi connectivity index (χ2n) is 47.5. The number of nitrogens with one attached hydrogen (secondary N) is 1. The van der Waals surface area contributed by atoms with E-state index in [2.05, 4.69) is 352 Å². The van der Waals surface area contributed by atoms with Gasteiger partial charge in [0.1, 0.15) is 5.75 Å². The Bertz CT molecular complexity index is 6380. The summed E-state index contributed by atoms with van der Waals surface area (Å²) in [6.07, 6.45) is 20.1. The summed E-state index contributed by atoms with van der Waals surface area (Å²) >= 11 is 47.5. The van der Waals surface area contributed by atoms with Gasteiger partial charge in [-0.15, -0.1) is 44.2 Å². The number of fused-ring (bicyclic) bond motifs is 11. The third kappa shape index (κ3) is 21.7. The first-order valence-corrected chi connectivity index (χ1v) is 57.3. The van der Waals surface area contributed by atoms with Gasteiger partial charge in [-0.25, -0.2) is 0 Å². The van der Waals surface area contributed by atoms with Crippen LogP contribution in [0.5, 0.6) is 5.75 Å². The summed E-state index contributed by atoms with van der Waals surface area (Å²) < 4.78 is 8.36. The van der Waals surface area contributed by atoms with Gasteiger partial charge in [0.15, 0.2) is 0 Å². The fourth-order valence-corrected chi connectivity index (χ4v) is 31.5. The van der Waals surface area contributed by atoms with Gasteiger partial charge in [0.2, 0.25) is 0 Å². The molecule has 5 saturated heterocycles.